The maximum absolute atomic E-state index is 12.7. The van der Waals surface area contributed by atoms with E-state index in [2.05, 4.69) is 0 Å². The lowest BCUT2D eigenvalue weighted by molar-refractivity contribution is 0.198. The molecule has 0 aliphatic heterocycles. The van der Waals surface area contributed by atoms with Gasteiger partial charge in [0.05, 0.1) is 18.8 Å². The minimum absolute atomic E-state index is 0.0706. The van der Waals surface area contributed by atoms with E-state index in [0.717, 1.165) is 11.0 Å². The number of nitrogens with zero attached hydrogens (tertiary/aromatic N) is 1. The molecule has 0 atom stereocenters. The average Bonchev–Trinajstić information content (AvgIpc) is 2.13. The minimum atomic E-state index is -1.22. The zero-order chi connectivity index (χ0) is 10.6. The number of benzene rings is 1. The third-order valence-corrected chi connectivity index (χ3v) is 1.67. The average molecular weight is 199 g/mol. The summed E-state index contributed by atoms with van der Waals surface area (Å²) in [6.07, 6.45) is -1.22. The molecular formula is C9H10FNO3. The Bertz CT molecular complexity index is 330. The Kier molecular flexibility index (Phi) is 3.41. The monoisotopic (exact) mass is 199 g/mol. The first-order chi connectivity index (χ1) is 6.65. The Hall–Kier alpha value is -1.62. The van der Waals surface area contributed by atoms with Crippen molar-refractivity contribution >= 4 is 11.8 Å². The molecule has 4 nitrogen and oxygen atoms in total. The number of hydrogen-bond donors (Lipinski definition) is 2. The maximum atomic E-state index is 12.7. The normalized spacial score (nSPS) is 9.86. The van der Waals surface area contributed by atoms with Crippen molar-refractivity contribution in [2.45, 2.75) is 0 Å². The summed E-state index contributed by atoms with van der Waals surface area (Å²) in [6.45, 7) is -0.373. The van der Waals surface area contributed by atoms with Gasteiger partial charge >= 0.3 is 6.09 Å². The fourth-order valence-corrected chi connectivity index (χ4v) is 1.08. The first kappa shape index (κ1) is 10.5. The van der Waals surface area contributed by atoms with E-state index in [1.807, 2.05) is 0 Å². The van der Waals surface area contributed by atoms with Gasteiger partial charge in [0.15, 0.2) is 0 Å². The number of carboxylic acid groups (broad SMARTS) is 1. The van der Waals surface area contributed by atoms with Gasteiger partial charge in [0.25, 0.3) is 0 Å². The quantitative estimate of drug-likeness (QED) is 0.771. The van der Waals surface area contributed by atoms with E-state index in [4.69, 9.17) is 10.2 Å². The van der Waals surface area contributed by atoms with Crippen LogP contribution in [0.2, 0.25) is 0 Å². The molecule has 0 heterocycles. The van der Waals surface area contributed by atoms with E-state index in [0.29, 0.717) is 0 Å². The summed E-state index contributed by atoms with van der Waals surface area (Å²) < 4.78 is 12.7. The molecule has 0 fully saturated rings. The zero-order valence-electron chi connectivity index (χ0n) is 7.35. The predicted molar refractivity (Wildman–Crippen MR) is 48.9 cm³/mol. The molecule has 1 aromatic rings. The van der Waals surface area contributed by atoms with Crippen LogP contribution in [0.5, 0.6) is 0 Å². The van der Waals surface area contributed by atoms with E-state index in [1.54, 1.807) is 0 Å². The number of aliphatic hydroxyl groups excluding tert-OH is 1. The molecule has 76 valence electrons. The second-order valence-corrected chi connectivity index (χ2v) is 2.64. The van der Waals surface area contributed by atoms with Gasteiger partial charge in [-0.05, 0) is 18.2 Å². The third-order valence-electron chi connectivity index (χ3n) is 1.67. The topological polar surface area (TPSA) is 60.8 Å². The largest absolute Gasteiger partial charge is 0.465 e. The van der Waals surface area contributed by atoms with Crippen LogP contribution >= 0.6 is 0 Å². The third kappa shape index (κ3) is 2.43. The van der Waals surface area contributed by atoms with Crippen LogP contribution in [0.4, 0.5) is 14.9 Å². The summed E-state index contributed by atoms with van der Waals surface area (Å²) in [5.41, 5.74) is 0.214. The minimum Gasteiger partial charge on any atom is -0.465 e. The van der Waals surface area contributed by atoms with E-state index >= 15 is 0 Å². The number of anilines is 1. The van der Waals surface area contributed by atoms with Crippen molar-refractivity contribution in [3.05, 3.63) is 30.1 Å². The molecule has 2 N–H and O–H groups in total. The number of carbonyl (C=O) groups is 1. The number of hydrogen-bond acceptors (Lipinski definition) is 2. The number of rotatable bonds is 3. The Morgan fingerprint density at radius 1 is 1.50 bits per heavy atom. The van der Waals surface area contributed by atoms with Crippen molar-refractivity contribution in [1.29, 1.82) is 0 Å². The lowest BCUT2D eigenvalue weighted by Gasteiger charge is -2.17. The van der Waals surface area contributed by atoms with Crippen LogP contribution in [0.25, 0.3) is 0 Å². The molecule has 0 saturated heterocycles. The van der Waals surface area contributed by atoms with Gasteiger partial charge in [-0.25, -0.2) is 9.18 Å². The second kappa shape index (κ2) is 4.57. The molecule has 1 amide bonds. The molecule has 14 heavy (non-hydrogen) atoms. The van der Waals surface area contributed by atoms with Crippen molar-refractivity contribution in [2.24, 2.45) is 0 Å². The van der Waals surface area contributed by atoms with E-state index in [1.165, 1.54) is 18.2 Å². The smallest absolute Gasteiger partial charge is 0.411 e. The molecule has 0 unspecified atom stereocenters. The van der Waals surface area contributed by atoms with Gasteiger partial charge in [-0.1, -0.05) is 6.07 Å². The molecule has 0 aromatic heterocycles. The first-order valence-corrected chi connectivity index (χ1v) is 4.02. The molecule has 0 aliphatic carbocycles. The van der Waals surface area contributed by atoms with Crippen molar-refractivity contribution in [2.75, 3.05) is 18.1 Å². The Labute approximate surface area is 80.2 Å². The predicted octanol–water partition coefficient (Wildman–Crippen LogP) is 1.30. The number of aliphatic hydroxyl groups is 1. The van der Waals surface area contributed by atoms with Gasteiger partial charge in [0.2, 0.25) is 0 Å². The summed E-state index contributed by atoms with van der Waals surface area (Å²) in [7, 11) is 0. The lowest BCUT2D eigenvalue weighted by atomic mass is 10.3. The van der Waals surface area contributed by atoms with E-state index < -0.39 is 11.9 Å². The summed E-state index contributed by atoms with van der Waals surface area (Å²) in [6, 6.07) is 5.21. The van der Waals surface area contributed by atoms with Crippen molar-refractivity contribution in [1.82, 2.24) is 0 Å². The van der Waals surface area contributed by atoms with Crippen LogP contribution in [-0.4, -0.2) is 29.5 Å². The number of halogens is 1. The van der Waals surface area contributed by atoms with Crippen LogP contribution in [0.15, 0.2) is 24.3 Å². The molecule has 1 rings (SSSR count). The van der Waals surface area contributed by atoms with Gasteiger partial charge in [-0.2, -0.15) is 0 Å². The SMILES string of the molecule is O=C(O)N(CCO)c1cccc(F)c1. The standard InChI is InChI=1S/C9H10FNO3/c10-7-2-1-3-8(6-7)11(4-5-12)9(13)14/h1-3,6,12H,4-5H2,(H,13,14). The van der Waals surface area contributed by atoms with Crippen molar-refractivity contribution < 1.29 is 19.4 Å². The first-order valence-electron chi connectivity index (χ1n) is 4.02. The lowest BCUT2D eigenvalue weighted by Crippen LogP contribution is -2.31. The van der Waals surface area contributed by atoms with Crippen LogP contribution in [0.3, 0.4) is 0 Å². The van der Waals surface area contributed by atoms with Gasteiger partial charge in [0.1, 0.15) is 5.82 Å². The molecule has 0 saturated carbocycles. The Morgan fingerprint density at radius 2 is 2.21 bits per heavy atom. The molecule has 0 radical (unpaired) electrons. The summed E-state index contributed by atoms with van der Waals surface area (Å²) in [5.74, 6) is -0.508. The fourth-order valence-electron chi connectivity index (χ4n) is 1.08. The van der Waals surface area contributed by atoms with Gasteiger partial charge in [-0.3, -0.25) is 4.90 Å². The van der Waals surface area contributed by atoms with Crippen molar-refractivity contribution in [3.63, 3.8) is 0 Å². The highest BCUT2D eigenvalue weighted by atomic mass is 19.1. The maximum Gasteiger partial charge on any atom is 0.411 e. The molecule has 1 aromatic carbocycles. The Balaban J connectivity index is 2.93. The zero-order valence-corrected chi connectivity index (χ0v) is 7.35. The van der Waals surface area contributed by atoms with Crippen molar-refractivity contribution in [3.8, 4) is 0 Å². The highest BCUT2D eigenvalue weighted by molar-refractivity contribution is 5.85. The van der Waals surface area contributed by atoms with Crippen LogP contribution in [0, 0.1) is 5.82 Å². The van der Waals surface area contributed by atoms with Crippen LogP contribution in [-0.2, 0) is 0 Å². The van der Waals surface area contributed by atoms with Crippen LogP contribution < -0.4 is 4.90 Å². The van der Waals surface area contributed by atoms with Gasteiger partial charge in [-0.15, -0.1) is 0 Å². The van der Waals surface area contributed by atoms with Crippen LogP contribution in [0.1, 0.15) is 0 Å². The van der Waals surface area contributed by atoms with E-state index in [9.17, 15) is 9.18 Å². The molecule has 0 aliphatic rings. The molecular weight excluding hydrogens is 189 g/mol. The second-order valence-electron chi connectivity index (χ2n) is 2.64. The summed E-state index contributed by atoms with van der Waals surface area (Å²) in [5, 5.41) is 17.4. The van der Waals surface area contributed by atoms with Gasteiger partial charge < -0.3 is 10.2 Å². The van der Waals surface area contributed by atoms with E-state index in [-0.39, 0.29) is 18.8 Å². The summed E-state index contributed by atoms with van der Waals surface area (Å²) in [4.78, 5) is 11.6. The van der Waals surface area contributed by atoms with Gasteiger partial charge in [0, 0.05) is 0 Å². The fraction of sp³-hybridized carbons (Fsp3) is 0.222. The Morgan fingerprint density at radius 3 is 2.71 bits per heavy atom. The number of amides is 1. The highest BCUT2D eigenvalue weighted by Gasteiger charge is 2.13. The highest BCUT2D eigenvalue weighted by Crippen LogP contribution is 2.15. The molecule has 5 heteroatoms. The summed E-state index contributed by atoms with van der Waals surface area (Å²) >= 11 is 0. The molecule has 0 spiro atoms. The molecule has 0 bridgehead atoms.